The number of hydrogen-bond donors (Lipinski definition) is 1. The molecule has 0 saturated heterocycles. The average Bonchev–Trinajstić information content (AvgIpc) is 2.55. The van der Waals surface area contributed by atoms with Crippen LogP contribution in [-0.4, -0.2) is 20.0 Å². The first kappa shape index (κ1) is 18.2. The van der Waals surface area contributed by atoms with Gasteiger partial charge < -0.3 is 9.72 Å². The first-order chi connectivity index (χ1) is 11.4. The van der Waals surface area contributed by atoms with Gasteiger partial charge in [0.15, 0.2) is 5.75 Å². The van der Waals surface area contributed by atoms with E-state index in [2.05, 4.69) is 18.8 Å². The number of aromatic amines is 1. The van der Waals surface area contributed by atoms with E-state index < -0.39 is 10.1 Å². The molecule has 1 heterocycles. The summed E-state index contributed by atoms with van der Waals surface area (Å²) in [7, 11) is -3.86. The highest BCUT2D eigenvalue weighted by Gasteiger charge is 2.15. The molecule has 2 rings (SSSR count). The minimum atomic E-state index is -3.86. The second kappa shape index (κ2) is 8.12. The maximum absolute atomic E-state index is 12.0. The summed E-state index contributed by atoms with van der Waals surface area (Å²) in [6.07, 6.45) is 2.27. The third-order valence-electron chi connectivity index (χ3n) is 3.29. The fourth-order valence-corrected chi connectivity index (χ4v) is 2.81. The lowest BCUT2D eigenvalue weighted by Crippen LogP contribution is -2.13. The van der Waals surface area contributed by atoms with Crippen LogP contribution in [0.1, 0.15) is 26.0 Å². The lowest BCUT2D eigenvalue weighted by atomic mass is 10.1. The van der Waals surface area contributed by atoms with Crippen LogP contribution < -0.4 is 10.2 Å². The summed E-state index contributed by atoms with van der Waals surface area (Å²) in [6, 6.07) is 9.12. The van der Waals surface area contributed by atoms with Crippen LogP contribution in [0.4, 0.5) is 0 Å². The number of hydrogen-bond acceptors (Lipinski definition) is 5. The predicted octanol–water partition coefficient (Wildman–Crippen LogP) is 2.71. The van der Waals surface area contributed by atoms with Gasteiger partial charge in [0.05, 0.1) is 11.5 Å². The van der Waals surface area contributed by atoms with Crippen LogP contribution >= 0.6 is 0 Å². The number of benzene rings is 1. The van der Waals surface area contributed by atoms with E-state index in [1.54, 1.807) is 18.2 Å². The molecule has 1 aromatic heterocycles. The van der Waals surface area contributed by atoms with Crippen molar-refractivity contribution < 1.29 is 17.3 Å². The van der Waals surface area contributed by atoms with Gasteiger partial charge in [-0.25, -0.2) is 0 Å². The first-order valence-electron chi connectivity index (χ1n) is 7.67. The largest absolute Gasteiger partial charge is 0.488 e. The van der Waals surface area contributed by atoms with Crippen LogP contribution in [0.2, 0.25) is 0 Å². The summed E-state index contributed by atoms with van der Waals surface area (Å²) in [4.78, 5) is 14.9. The average molecular weight is 351 g/mol. The van der Waals surface area contributed by atoms with Gasteiger partial charge in [-0.15, -0.1) is 0 Å². The molecular weight excluding hydrogens is 330 g/mol. The van der Waals surface area contributed by atoms with Crippen molar-refractivity contribution in [1.29, 1.82) is 0 Å². The van der Waals surface area contributed by atoms with Crippen LogP contribution in [0.3, 0.4) is 0 Å². The molecule has 0 amide bonds. The maximum atomic E-state index is 12.0. The zero-order valence-electron chi connectivity index (χ0n) is 13.7. The van der Waals surface area contributed by atoms with Gasteiger partial charge in [-0.1, -0.05) is 32.0 Å². The Morgan fingerprint density at radius 2 is 1.88 bits per heavy atom. The minimum Gasteiger partial charge on any atom is -0.488 e. The summed E-state index contributed by atoms with van der Waals surface area (Å²) in [5.74, 6) is 0.699. The topological polar surface area (TPSA) is 85.5 Å². The summed E-state index contributed by atoms with van der Waals surface area (Å²) in [5, 5.41) is 0. The lowest BCUT2D eigenvalue weighted by molar-refractivity contribution is 0.283. The number of ether oxygens (including phenoxy) is 1. The van der Waals surface area contributed by atoms with Crippen LogP contribution in [0.15, 0.2) is 52.3 Å². The molecule has 0 aliphatic heterocycles. The third-order valence-corrected chi connectivity index (χ3v) is 4.57. The molecule has 0 radical (unpaired) electrons. The number of H-pyrrole nitrogens is 1. The normalized spacial score (nSPS) is 11.6. The van der Waals surface area contributed by atoms with E-state index in [0.717, 1.165) is 6.42 Å². The van der Waals surface area contributed by atoms with Gasteiger partial charge in [-0.05, 0) is 24.5 Å². The fraction of sp³-hybridized carbons (Fsp3) is 0.353. The zero-order valence-corrected chi connectivity index (χ0v) is 14.5. The minimum absolute atomic E-state index is 0.0704. The Hall–Kier alpha value is -2.12. The van der Waals surface area contributed by atoms with Crippen molar-refractivity contribution in [3.8, 4) is 5.75 Å². The molecular formula is C17H21NO5S. The molecule has 0 unspecified atom stereocenters. The predicted molar refractivity (Wildman–Crippen MR) is 90.4 cm³/mol. The number of pyridine rings is 1. The molecule has 0 atom stereocenters. The zero-order chi connectivity index (χ0) is 17.6. The van der Waals surface area contributed by atoms with Gasteiger partial charge in [0.1, 0.15) is 6.61 Å². The Morgan fingerprint density at radius 3 is 2.50 bits per heavy atom. The molecule has 0 aliphatic carbocycles. The van der Waals surface area contributed by atoms with Crippen molar-refractivity contribution in [1.82, 2.24) is 4.98 Å². The van der Waals surface area contributed by atoms with Crippen molar-refractivity contribution in [2.24, 2.45) is 5.92 Å². The molecule has 2 aromatic rings. The molecule has 0 saturated carbocycles. The fourth-order valence-electron chi connectivity index (χ4n) is 1.90. The van der Waals surface area contributed by atoms with E-state index >= 15 is 0 Å². The Kier molecular flexibility index (Phi) is 6.16. The molecule has 1 aromatic carbocycles. The van der Waals surface area contributed by atoms with Crippen molar-refractivity contribution in [2.75, 3.05) is 6.61 Å². The van der Waals surface area contributed by atoms with E-state index in [1.165, 1.54) is 24.4 Å². The van der Waals surface area contributed by atoms with Gasteiger partial charge in [-0.3, -0.25) is 8.98 Å². The molecule has 1 N–H and O–H groups in total. The summed E-state index contributed by atoms with van der Waals surface area (Å²) in [6.45, 7) is 4.35. The van der Waals surface area contributed by atoms with Crippen LogP contribution in [-0.2, 0) is 20.9 Å². The molecule has 6 nitrogen and oxygen atoms in total. The Labute approximate surface area is 141 Å². The van der Waals surface area contributed by atoms with E-state index in [0.29, 0.717) is 18.2 Å². The smallest absolute Gasteiger partial charge is 0.297 e. The second-order valence-electron chi connectivity index (χ2n) is 5.75. The van der Waals surface area contributed by atoms with E-state index in [9.17, 15) is 13.2 Å². The van der Waals surface area contributed by atoms with Crippen molar-refractivity contribution in [3.05, 3.63) is 58.5 Å². The van der Waals surface area contributed by atoms with Gasteiger partial charge in [0.25, 0.3) is 10.1 Å². The number of rotatable bonds is 8. The first-order valence-corrected chi connectivity index (χ1v) is 9.08. The van der Waals surface area contributed by atoms with E-state index in [1.807, 2.05) is 0 Å². The van der Waals surface area contributed by atoms with Gasteiger partial charge in [0, 0.05) is 18.0 Å². The standard InChI is InChI=1S/C17H21NO5S/c1-13(2)8-9-22-17-11-18-14(10-16(17)19)12-23-24(20,21)15-6-4-3-5-7-15/h3-7,10-11,13H,8-9,12H2,1-2H3,(H,18,19). The molecule has 0 fully saturated rings. The van der Waals surface area contributed by atoms with Crippen LogP contribution in [0.25, 0.3) is 0 Å². The monoisotopic (exact) mass is 351 g/mol. The van der Waals surface area contributed by atoms with Gasteiger partial charge in [-0.2, -0.15) is 8.42 Å². The van der Waals surface area contributed by atoms with Gasteiger partial charge >= 0.3 is 0 Å². The number of aromatic nitrogens is 1. The second-order valence-corrected chi connectivity index (χ2v) is 7.36. The van der Waals surface area contributed by atoms with Crippen LogP contribution in [0, 0.1) is 5.92 Å². The SMILES string of the molecule is CC(C)CCOc1c[nH]c(COS(=O)(=O)c2ccccc2)cc1=O. The van der Waals surface area contributed by atoms with Crippen molar-refractivity contribution in [2.45, 2.75) is 31.8 Å². The molecule has 0 spiro atoms. The highest BCUT2D eigenvalue weighted by Crippen LogP contribution is 2.13. The Bertz CT molecular complexity index is 812. The molecule has 0 aliphatic rings. The van der Waals surface area contributed by atoms with E-state index in [4.69, 9.17) is 8.92 Å². The quantitative estimate of drug-likeness (QED) is 0.739. The highest BCUT2D eigenvalue weighted by atomic mass is 32.2. The van der Waals surface area contributed by atoms with Crippen molar-refractivity contribution in [3.63, 3.8) is 0 Å². The lowest BCUT2D eigenvalue weighted by Gasteiger charge is -2.09. The maximum Gasteiger partial charge on any atom is 0.297 e. The Morgan fingerprint density at radius 1 is 1.17 bits per heavy atom. The molecule has 7 heteroatoms. The van der Waals surface area contributed by atoms with E-state index in [-0.39, 0.29) is 22.7 Å². The molecule has 0 bridgehead atoms. The highest BCUT2D eigenvalue weighted by molar-refractivity contribution is 7.86. The Balaban J connectivity index is 1.99. The number of nitrogens with one attached hydrogen (secondary N) is 1. The molecule has 24 heavy (non-hydrogen) atoms. The summed E-state index contributed by atoms with van der Waals surface area (Å²) in [5.41, 5.74) is 0.0453. The summed E-state index contributed by atoms with van der Waals surface area (Å²) >= 11 is 0. The molecule has 130 valence electrons. The van der Waals surface area contributed by atoms with Gasteiger partial charge in [0.2, 0.25) is 5.43 Å². The summed E-state index contributed by atoms with van der Waals surface area (Å²) < 4.78 is 34.4. The third kappa shape index (κ3) is 5.21. The van der Waals surface area contributed by atoms with Crippen molar-refractivity contribution >= 4 is 10.1 Å². The van der Waals surface area contributed by atoms with Crippen LogP contribution in [0.5, 0.6) is 5.75 Å².